The van der Waals surface area contributed by atoms with Crippen LogP contribution in [-0.4, -0.2) is 45.8 Å². The zero-order valence-corrected chi connectivity index (χ0v) is 10.2. The highest BCUT2D eigenvalue weighted by Gasteiger charge is 2.21. The molecule has 2 N–H and O–H groups in total. The van der Waals surface area contributed by atoms with E-state index >= 15 is 0 Å². The summed E-state index contributed by atoms with van der Waals surface area (Å²) in [5, 5.41) is 18.3. The van der Waals surface area contributed by atoms with E-state index in [0.717, 1.165) is 6.54 Å². The maximum absolute atomic E-state index is 10.4. The van der Waals surface area contributed by atoms with E-state index in [2.05, 4.69) is 4.90 Å². The number of carboxylic acid groups (broad SMARTS) is 1. The van der Waals surface area contributed by atoms with Gasteiger partial charge in [-0.15, -0.1) is 0 Å². The lowest BCUT2D eigenvalue weighted by molar-refractivity contribution is -0.137. The summed E-state index contributed by atoms with van der Waals surface area (Å²) in [6.07, 6.45) is 0.808. The minimum absolute atomic E-state index is 0.184. The van der Waals surface area contributed by atoms with Crippen molar-refractivity contribution in [3.05, 3.63) is 0 Å². The van der Waals surface area contributed by atoms with Crippen molar-refractivity contribution in [3.63, 3.8) is 0 Å². The highest BCUT2D eigenvalue weighted by molar-refractivity contribution is 5.66. The number of rotatable bonds is 7. The number of aliphatic hydroxyl groups is 1. The fraction of sp³-hybridized carbons (Fsp3) is 0.909. The fourth-order valence-electron chi connectivity index (χ4n) is 1.59. The van der Waals surface area contributed by atoms with Gasteiger partial charge < -0.3 is 10.2 Å². The van der Waals surface area contributed by atoms with Crippen LogP contribution in [0.3, 0.4) is 0 Å². The molecule has 1 unspecified atom stereocenters. The second-order valence-electron chi connectivity index (χ2n) is 4.66. The first-order valence-electron chi connectivity index (χ1n) is 5.44. The topological polar surface area (TPSA) is 60.8 Å². The zero-order valence-electron chi connectivity index (χ0n) is 10.2. The van der Waals surface area contributed by atoms with Crippen LogP contribution in [0.2, 0.25) is 0 Å². The Kier molecular flexibility index (Phi) is 5.83. The van der Waals surface area contributed by atoms with Crippen molar-refractivity contribution in [2.45, 2.75) is 52.2 Å². The van der Waals surface area contributed by atoms with Crippen molar-refractivity contribution in [1.82, 2.24) is 4.90 Å². The van der Waals surface area contributed by atoms with Gasteiger partial charge in [-0.05, 0) is 33.7 Å². The third-order valence-corrected chi connectivity index (χ3v) is 2.40. The molecule has 0 fully saturated rings. The number of aliphatic carboxylic acids is 1. The summed E-state index contributed by atoms with van der Waals surface area (Å²) in [7, 11) is 0. The summed E-state index contributed by atoms with van der Waals surface area (Å²) in [5.41, 5.74) is -0.729. The molecule has 0 saturated carbocycles. The maximum Gasteiger partial charge on any atom is 0.303 e. The predicted molar refractivity (Wildman–Crippen MR) is 59.9 cm³/mol. The SMILES string of the molecule is CCN(CC(C)(C)O)C(C)CCC(=O)O. The van der Waals surface area contributed by atoms with Gasteiger partial charge in [0, 0.05) is 19.0 Å². The van der Waals surface area contributed by atoms with Crippen molar-refractivity contribution in [1.29, 1.82) is 0 Å². The van der Waals surface area contributed by atoms with Crippen LogP contribution in [0, 0.1) is 0 Å². The Labute approximate surface area is 91.9 Å². The van der Waals surface area contributed by atoms with E-state index in [9.17, 15) is 9.90 Å². The lowest BCUT2D eigenvalue weighted by atomic mass is 10.1. The Morgan fingerprint density at radius 3 is 2.33 bits per heavy atom. The molecule has 4 heteroatoms. The van der Waals surface area contributed by atoms with Crippen molar-refractivity contribution >= 4 is 5.97 Å². The van der Waals surface area contributed by atoms with E-state index < -0.39 is 11.6 Å². The molecule has 0 spiro atoms. The van der Waals surface area contributed by atoms with Gasteiger partial charge in [0.1, 0.15) is 0 Å². The second-order valence-corrected chi connectivity index (χ2v) is 4.66. The Bertz CT molecular complexity index is 198. The van der Waals surface area contributed by atoms with Crippen LogP contribution in [0.5, 0.6) is 0 Å². The van der Waals surface area contributed by atoms with Crippen molar-refractivity contribution < 1.29 is 15.0 Å². The van der Waals surface area contributed by atoms with Crippen molar-refractivity contribution in [2.24, 2.45) is 0 Å². The van der Waals surface area contributed by atoms with Gasteiger partial charge in [0.25, 0.3) is 0 Å². The summed E-state index contributed by atoms with van der Waals surface area (Å²) in [5.74, 6) is -0.763. The summed E-state index contributed by atoms with van der Waals surface area (Å²) < 4.78 is 0. The number of carboxylic acids is 1. The highest BCUT2D eigenvalue weighted by atomic mass is 16.4. The maximum atomic E-state index is 10.4. The molecule has 0 bridgehead atoms. The first-order chi connectivity index (χ1) is 6.76. The molecule has 90 valence electrons. The lowest BCUT2D eigenvalue weighted by Gasteiger charge is -2.32. The summed E-state index contributed by atoms with van der Waals surface area (Å²) in [4.78, 5) is 12.5. The van der Waals surface area contributed by atoms with Crippen LogP contribution in [0.4, 0.5) is 0 Å². The largest absolute Gasteiger partial charge is 0.481 e. The van der Waals surface area contributed by atoms with Gasteiger partial charge in [0.05, 0.1) is 5.60 Å². The molecule has 0 aliphatic carbocycles. The third-order valence-electron chi connectivity index (χ3n) is 2.40. The third kappa shape index (κ3) is 7.33. The van der Waals surface area contributed by atoms with E-state index in [1.54, 1.807) is 13.8 Å². The Balaban J connectivity index is 4.10. The molecule has 15 heavy (non-hydrogen) atoms. The van der Waals surface area contributed by atoms with Crippen LogP contribution in [-0.2, 0) is 4.79 Å². The van der Waals surface area contributed by atoms with Gasteiger partial charge in [-0.1, -0.05) is 6.92 Å². The van der Waals surface area contributed by atoms with Gasteiger partial charge in [-0.3, -0.25) is 9.69 Å². The number of carbonyl (C=O) groups is 1. The van der Waals surface area contributed by atoms with Gasteiger partial charge in [-0.2, -0.15) is 0 Å². The molecule has 1 atom stereocenters. The number of nitrogens with zero attached hydrogens (tertiary/aromatic N) is 1. The first kappa shape index (κ1) is 14.4. The average molecular weight is 217 g/mol. The van der Waals surface area contributed by atoms with Crippen LogP contribution in [0.1, 0.15) is 40.5 Å². The molecule has 0 amide bonds. The Hall–Kier alpha value is -0.610. The molecular formula is C11H23NO3. The minimum Gasteiger partial charge on any atom is -0.481 e. The molecule has 0 rings (SSSR count). The van der Waals surface area contributed by atoms with E-state index in [0.29, 0.717) is 13.0 Å². The summed E-state index contributed by atoms with van der Waals surface area (Å²) in [6, 6.07) is 0.192. The van der Waals surface area contributed by atoms with E-state index in [1.807, 2.05) is 13.8 Å². The molecule has 4 nitrogen and oxygen atoms in total. The normalized spacial score (nSPS) is 14.3. The monoisotopic (exact) mass is 217 g/mol. The Morgan fingerprint density at radius 1 is 1.47 bits per heavy atom. The molecule has 0 radical (unpaired) electrons. The first-order valence-corrected chi connectivity index (χ1v) is 5.44. The number of likely N-dealkylation sites (N-methyl/N-ethyl adjacent to an activating group) is 1. The van der Waals surface area contributed by atoms with Crippen LogP contribution < -0.4 is 0 Å². The van der Waals surface area contributed by atoms with E-state index in [4.69, 9.17) is 5.11 Å². The summed E-state index contributed by atoms with van der Waals surface area (Å²) in [6.45, 7) is 8.94. The number of hydrogen-bond donors (Lipinski definition) is 2. The predicted octanol–water partition coefficient (Wildman–Crippen LogP) is 1.33. The fourth-order valence-corrected chi connectivity index (χ4v) is 1.59. The molecule has 0 aliphatic heterocycles. The van der Waals surface area contributed by atoms with Crippen LogP contribution in [0.25, 0.3) is 0 Å². The quantitative estimate of drug-likeness (QED) is 0.675. The van der Waals surface area contributed by atoms with E-state index in [-0.39, 0.29) is 12.5 Å². The molecular weight excluding hydrogens is 194 g/mol. The minimum atomic E-state index is -0.763. The van der Waals surface area contributed by atoms with Crippen molar-refractivity contribution in [2.75, 3.05) is 13.1 Å². The zero-order chi connectivity index (χ0) is 12.1. The van der Waals surface area contributed by atoms with Gasteiger partial charge in [-0.25, -0.2) is 0 Å². The highest BCUT2D eigenvalue weighted by Crippen LogP contribution is 2.11. The second kappa shape index (κ2) is 6.08. The average Bonchev–Trinajstić information content (AvgIpc) is 2.08. The van der Waals surface area contributed by atoms with Crippen molar-refractivity contribution in [3.8, 4) is 0 Å². The molecule has 0 aromatic rings. The van der Waals surface area contributed by atoms with Gasteiger partial charge >= 0.3 is 5.97 Å². The van der Waals surface area contributed by atoms with Crippen LogP contribution >= 0.6 is 0 Å². The Morgan fingerprint density at radius 2 is 2.00 bits per heavy atom. The molecule has 0 aromatic carbocycles. The standard InChI is InChI=1S/C11H23NO3/c1-5-12(8-11(3,4)15)9(2)6-7-10(13)14/h9,15H,5-8H2,1-4H3,(H,13,14). The lowest BCUT2D eigenvalue weighted by Crippen LogP contribution is -2.43. The molecule has 0 aliphatic rings. The van der Waals surface area contributed by atoms with Crippen LogP contribution in [0.15, 0.2) is 0 Å². The molecule has 0 saturated heterocycles. The van der Waals surface area contributed by atoms with Gasteiger partial charge in [0.15, 0.2) is 0 Å². The molecule has 0 heterocycles. The smallest absolute Gasteiger partial charge is 0.303 e. The van der Waals surface area contributed by atoms with E-state index in [1.165, 1.54) is 0 Å². The van der Waals surface area contributed by atoms with Gasteiger partial charge in [0.2, 0.25) is 0 Å². The molecule has 0 aromatic heterocycles. The summed E-state index contributed by atoms with van der Waals surface area (Å²) >= 11 is 0. The number of hydrogen-bond acceptors (Lipinski definition) is 3.